The molecule has 1 aromatic carbocycles. The number of rotatable bonds is 5. The number of benzene rings is 1. The topological polar surface area (TPSA) is 24.9 Å². The summed E-state index contributed by atoms with van der Waals surface area (Å²) >= 11 is 8.01. The van der Waals surface area contributed by atoms with Crippen LogP contribution in [0.25, 0.3) is 10.2 Å². The maximum atomic E-state index is 6.23. The van der Waals surface area contributed by atoms with Crippen molar-refractivity contribution in [3.8, 4) is 0 Å². The molecule has 0 atom stereocenters. The summed E-state index contributed by atoms with van der Waals surface area (Å²) in [6, 6.07) is 8.33. The molecule has 0 aliphatic heterocycles. The molecule has 0 radical (unpaired) electrons. The van der Waals surface area contributed by atoms with E-state index in [9.17, 15) is 0 Å². The fourth-order valence-electron chi connectivity index (χ4n) is 3.09. The highest BCUT2D eigenvalue weighted by Crippen LogP contribution is 2.36. The molecule has 1 saturated carbocycles. The number of nitrogens with one attached hydrogen (secondary N) is 1. The number of halogens is 1. The third-order valence-corrected chi connectivity index (χ3v) is 5.92. The van der Waals surface area contributed by atoms with Gasteiger partial charge in [-0.25, -0.2) is 4.98 Å². The van der Waals surface area contributed by atoms with Gasteiger partial charge in [0.05, 0.1) is 10.2 Å². The van der Waals surface area contributed by atoms with E-state index in [1.165, 1.54) is 41.8 Å². The van der Waals surface area contributed by atoms with Gasteiger partial charge < -0.3 is 5.32 Å². The Bertz CT molecular complexity index is 527. The zero-order chi connectivity index (χ0) is 13.8. The highest BCUT2D eigenvalue weighted by molar-refractivity contribution is 7.18. The lowest BCUT2D eigenvalue weighted by atomic mass is 9.75. The predicted octanol–water partition coefficient (Wildman–Crippen LogP) is 4.58. The monoisotopic (exact) mass is 308 g/mol. The van der Waals surface area contributed by atoms with E-state index in [1.54, 1.807) is 11.3 Å². The molecule has 1 aliphatic rings. The van der Waals surface area contributed by atoms with E-state index in [0.717, 1.165) is 24.5 Å². The first-order chi connectivity index (χ1) is 9.81. The summed E-state index contributed by atoms with van der Waals surface area (Å²) in [5.74, 6) is 0.778. The maximum Gasteiger partial charge on any atom is 0.108 e. The van der Waals surface area contributed by atoms with Crippen molar-refractivity contribution in [2.45, 2.75) is 38.6 Å². The zero-order valence-corrected chi connectivity index (χ0v) is 13.3. The van der Waals surface area contributed by atoms with Crippen LogP contribution in [0.4, 0.5) is 0 Å². The summed E-state index contributed by atoms with van der Waals surface area (Å²) < 4.78 is 1.27. The van der Waals surface area contributed by atoms with Gasteiger partial charge in [-0.3, -0.25) is 0 Å². The molecule has 1 aliphatic carbocycles. The van der Waals surface area contributed by atoms with Gasteiger partial charge in [0, 0.05) is 19.0 Å². The van der Waals surface area contributed by atoms with Crippen molar-refractivity contribution in [3.63, 3.8) is 0 Å². The molecule has 3 rings (SSSR count). The van der Waals surface area contributed by atoms with Gasteiger partial charge in [-0.15, -0.1) is 22.9 Å². The van der Waals surface area contributed by atoms with Crippen LogP contribution in [0.3, 0.4) is 0 Å². The number of nitrogens with zero attached hydrogens (tertiary/aromatic N) is 1. The molecule has 0 amide bonds. The molecule has 1 aromatic heterocycles. The SMILES string of the molecule is ClCC1(CNCc2nc3ccccc3s2)CCCCC1. The van der Waals surface area contributed by atoms with Crippen molar-refractivity contribution >= 4 is 33.2 Å². The lowest BCUT2D eigenvalue weighted by Crippen LogP contribution is -2.37. The van der Waals surface area contributed by atoms with Crippen LogP contribution in [0.15, 0.2) is 24.3 Å². The highest BCUT2D eigenvalue weighted by Gasteiger charge is 2.30. The zero-order valence-electron chi connectivity index (χ0n) is 11.7. The first-order valence-electron chi connectivity index (χ1n) is 7.42. The van der Waals surface area contributed by atoms with Gasteiger partial charge in [-0.1, -0.05) is 31.4 Å². The molecule has 0 saturated heterocycles. The van der Waals surface area contributed by atoms with Crippen LogP contribution in [0.1, 0.15) is 37.1 Å². The molecule has 20 heavy (non-hydrogen) atoms. The van der Waals surface area contributed by atoms with Crippen LogP contribution >= 0.6 is 22.9 Å². The summed E-state index contributed by atoms with van der Waals surface area (Å²) in [6.07, 6.45) is 6.56. The van der Waals surface area contributed by atoms with Gasteiger partial charge in [0.2, 0.25) is 0 Å². The number of alkyl halides is 1. The van der Waals surface area contributed by atoms with Crippen molar-refractivity contribution in [1.29, 1.82) is 0 Å². The van der Waals surface area contributed by atoms with Crippen LogP contribution in [-0.4, -0.2) is 17.4 Å². The Morgan fingerprint density at radius 3 is 2.75 bits per heavy atom. The van der Waals surface area contributed by atoms with Crippen LogP contribution in [0.2, 0.25) is 0 Å². The highest BCUT2D eigenvalue weighted by atomic mass is 35.5. The maximum absolute atomic E-state index is 6.23. The van der Waals surface area contributed by atoms with Gasteiger partial charge in [-0.2, -0.15) is 0 Å². The van der Waals surface area contributed by atoms with Crippen LogP contribution in [0, 0.1) is 5.41 Å². The predicted molar refractivity (Wildman–Crippen MR) is 87.6 cm³/mol. The molecule has 1 N–H and O–H groups in total. The fourth-order valence-corrected chi connectivity index (χ4v) is 4.39. The quantitative estimate of drug-likeness (QED) is 0.818. The molecular weight excluding hydrogens is 288 g/mol. The normalized spacial score (nSPS) is 18.4. The standard InChI is InChI=1S/C16H21ClN2S/c17-11-16(8-4-1-5-9-16)12-18-10-15-19-13-6-2-3-7-14(13)20-15/h2-3,6-7,18H,1,4-5,8-12H2. The Hall–Kier alpha value is -0.640. The van der Waals surface area contributed by atoms with Gasteiger partial charge in [0.15, 0.2) is 0 Å². The number of para-hydroxylation sites is 1. The number of hydrogen-bond donors (Lipinski definition) is 1. The lowest BCUT2D eigenvalue weighted by molar-refractivity contribution is 0.212. The third-order valence-electron chi connectivity index (χ3n) is 4.31. The van der Waals surface area contributed by atoms with Gasteiger partial charge >= 0.3 is 0 Å². The van der Waals surface area contributed by atoms with E-state index in [1.807, 2.05) is 6.07 Å². The molecule has 1 heterocycles. The van der Waals surface area contributed by atoms with Crippen molar-refractivity contribution in [1.82, 2.24) is 10.3 Å². The second-order valence-electron chi connectivity index (χ2n) is 5.87. The van der Waals surface area contributed by atoms with E-state index in [4.69, 9.17) is 11.6 Å². The summed E-state index contributed by atoms with van der Waals surface area (Å²) in [4.78, 5) is 4.67. The Morgan fingerprint density at radius 1 is 1.20 bits per heavy atom. The minimum Gasteiger partial charge on any atom is -0.310 e. The molecular formula is C16H21ClN2S. The van der Waals surface area contributed by atoms with Crippen molar-refractivity contribution < 1.29 is 0 Å². The van der Waals surface area contributed by atoms with Crippen molar-refractivity contribution in [2.75, 3.05) is 12.4 Å². The van der Waals surface area contributed by atoms with Gasteiger partial charge in [0.25, 0.3) is 0 Å². The average Bonchev–Trinajstić information content (AvgIpc) is 2.91. The fraction of sp³-hybridized carbons (Fsp3) is 0.562. The molecule has 0 spiro atoms. The molecule has 0 bridgehead atoms. The van der Waals surface area contributed by atoms with E-state index in [-0.39, 0.29) is 0 Å². The Morgan fingerprint density at radius 2 is 2.00 bits per heavy atom. The molecule has 1 fully saturated rings. The smallest absolute Gasteiger partial charge is 0.108 e. The molecule has 2 nitrogen and oxygen atoms in total. The number of fused-ring (bicyclic) bond motifs is 1. The first kappa shape index (κ1) is 14.3. The summed E-state index contributed by atoms with van der Waals surface area (Å²) in [5, 5.41) is 4.76. The van der Waals surface area contributed by atoms with E-state index < -0.39 is 0 Å². The van der Waals surface area contributed by atoms with E-state index in [0.29, 0.717) is 5.41 Å². The molecule has 4 heteroatoms. The average molecular weight is 309 g/mol. The minimum atomic E-state index is 0.316. The Labute approximate surface area is 129 Å². The lowest BCUT2D eigenvalue weighted by Gasteiger charge is -2.35. The van der Waals surface area contributed by atoms with Crippen LogP contribution < -0.4 is 5.32 Å². The summed E-state index contributed by atoms with van der Waals surface area (Å²) in [6.45, 7) is 1.88. The summed E-state index contributed by atoms with van der Waals surface area (Å²) in [5.41, 5.74) is 1.43. The minimum absolute atomic E-state index is 0.316. The largest absolute Gasteiger partial charge is 0.310 e. The number of aromatic nitrogens is 1. The third kappa shape index (κ3) is 3.16. The second-order valence-corrected chi connectivity index (χ2v) is 7.26. The van der Waals surface area contributed by atoms with Gasteiger partial charge in [-0.05, 0) is 30.4 Å². The Balaban J connectivity index is 1.58. The van der Waals surface area contributed by atoms with Gasteiger partial charge in [0.1, 0.15) is 5.01 Å². The first-order valence-corrected chi connectivity index (χ1v) is 8.78. The second kappa shape index (κ2) is 6.42. The summed E-state index contributed by atoms with van der Waals surface area (Å²) in [7, 11) is 0. The number of thiazole rings is 1. The van der Waals surface area contributed by atoms with Crippen LogP contribution in [-0.2, 0) is 6.54 Å². The number of hydrogen-bond acceptors (Lipinski definition) is 3. The van der Waals surface area contributed by atoms with E-state index in [2.05, 4.69) is 28.5 Å². The Kier molecular flexibility index (Phi) is 4.59. The van der Waals surface area contributed by atoms with Crippen LogP contribution in [0.5, 0.6) is 0 Å². The van der Waals surface area contributed by atoms with Crippen molar-refractivity contribution in [3.05, 3.63) is 29.3 Å². The van der Waals surface area contributed by atoms with Crippen molar-refractivity contribution in [2.24, 2.45) is 5.41 Å². The molecule has 108 valence electrons. The molecule has 0 unspecified atom stereocenters. The molecule has 2 aromatic rings. The van der Waals surface area contributed by atoms with E-state index >= 15 is 0 Å².